The molecule has 0 aliphatic carbocycles. The van der Waals surface area contributed by atoms with Crippen LogP contribution < -0.4 is 0 Å². The Morgan fingerprint density at radius 3 is 2.62 bits per heavy atom. The summed E-state index contributed by atoms with van der Waals surface area (Å²) in [6.45, 7) is 9.16. The number of carbonyl (C=O) groups is 1. The summed E-state index contributed by atoms with van der Waals surface area (Å²) >= 11 is 0. The Hall–Kier alpha value is -3.19. The van der Waals surface area contributed by atoms with Crippen molar-refractivity contribution in [3.63, 3.8) is 0 Å². The zero-order chi connectivity index (χ0) is 22.4. The van der Waals surface area contributed by atoms with Crippen molar-refractivity contribution in [1.82, 2.24) is 20.1 Å². The Labute approximate surface area is 187 Å². The van der Waals surface area contributed by atoms with Crippen molar-refractivity contribution < 1.29 is 14.6 Å². The van der Waals surface area contributed by atoms with Crippen LogP contribution >= 0.6 is 0 Å². The van der Waals surface area contributed by atoms with E-state index in [-0.39, 0.29) is 35.6 Å². The molecule has 3 atom stereocenters. The van der Waals surface area contributed by atoms with Gasteiger partial charge >= 0.3 is 0 Å². The Kier molecular flexibility index (Phi) is 5.21. The number of ether oxygens (including phenoxy) is 1. The molecular weight excluding hydrogens is 404 g/mol. The molecule has 2 unspecified atom stereocenters. The second kappa shape index (κ2) is 8.06. The highest BCUT2D eigenvalue weighted by molar-refractivity contribution is 5.88. The number of para-hydroxylation sites is 1. The number of fused-ring (bicyclic) bond motifs is 3. The van der Waals surface area contributed by atoms with Crippen LogP contribution in [0.25, 0.3) is 22.3 Å². The van der Waals surface area contributed by atoms with Gasteiger partial charge < -0.3 is 19.7 Å². The number of phenolic OH excluding ortho intramolecular Hbond substituents is 1. The molecule has 166 valence electrons. The Bertz CT molecular complexity index is 1170. The number of amides is 1. The van der Waals surface area contributed by atoms with E-state index < -0.39 is 0 Å². The molecule has 1 aromatic carbocycles. The van der Waals surface area contributed by atoms with Gasteiger partial charge in [0, 0.05) is 22.6 Å². The molecule has 2 fully saturated rings. The number of hydrogen-bond acceptors (Lipinski definition) is 5. The summed E-state index contributed by atoms with van der Waals surface area (Å²) < 4.78 is 5.77. The van der Waals surface area contributed by atoms with E-state index in [0.717, 1.165) is 23.9 Å². The van der Waals surface area contributed by atoms with Gasteiger partial charge in [-0.15, -0.1) is 10.2 Å². The van der Waals surface area contributed by atoms with E-state index in [1.165, 1.54) is 17.3 Å². The predicted molar refractivity (Wildman–Crippen MR) is 122 cm³/mol. The molecule has 0 saturated carbocycles. The first-order chi connectivity index (χ1) is 15.5. The predicted octanol–water partition coefficient (Wildman–Crippen LogP) is 4.11. The SMILES string of the molecule is C=CC(=O)N1C2COC[C@H]1CC(c1[nH]c3nnc(-c4ccccc4O)cc3c1C(C)C)C2. The van der Waals surface area contributed by atoms with Crippen LogP contribution in [0.15, 0.2) is 43.0 Å². The number of aromatic nitrogens is 3. The van der Waals surface area contributed by atoms with Crippen LogP contribution in [0, 0.1) is 0 Å². The molecule has 4 heterocycles. The van der Waals surface area contributed by atoms with Crippen molar-refractivity contribution in [2.45, 2.75) is 50.6 Å². The zero-order valence-electron chi connectivity index (χ0n) is 18.4. The molecule has 7 nitrogen and oxygen atoms in total. The molecule has 32 heavy (non-hydrogen) atoms. The lowest BCUT2D eigenvalue weighted by atomic mass is 9.80. The van der Waals surface area contributed by atoms with E-state index in [1.807, 2.05) is 23.1 Å². The van der Waals surface area contributed by atoms with Crippen LogP contribution in [-0.2, 0) is 9.53 Å². The average Bonchev–Trinajstić information content (AvgIpc) is 3.17. The minimum atomic E-state index is -0.0133. The summed E-state index contributed by atoms with van der Waals surface area (Å²) in [4.78, 5) is 18.0. The number of piperidine rings is 1. The maximum atomic E-state index is 12.4. The molecule has 1 amide bonds. The number of benzene rings is 1. The van der Waals surface area contributed by atoms with E-state index >= 15 is 0 Å². The van der Waals surface area contributed by atoms with Gasteiger partial charge in [-0.2, -0.15) is 0 Å². The number of hydrogen-bond donors (Lipinski definition) is 2. The fourth-order valence-corrected chi connectivity index (χ4v) is 5.41. The van der Waals surface area contributed by atoms with Gasteiger partial charge in [0.1, 0.15) is 5.75 Å². The van der Waals surface area contributed by atoms with Crippen molar-refractivity contribution in [1.29, 1.82) is 0 Å². The quantitative estimate of drug-likeness (QED) is 0.606. The van der Waals surface area contributed by atoms with Gasteiger partial charge in [-0.3, -0.25) is 4.79 Å². The number of rotatable bonds is 4. The summed E-state index contributed by atoms with van der Waals surface area (Å²) in [6.07, 6.45) is 3.08. The molecule has 5 rings (SSSR count). The topological polar surface area (TPSA) is 91.3 Å². The number of nitrogens with one attached hydrogen (secondary N) is 1. The lowest BCUT2D eigenvalue weighted by Crippen LogP contribution is -2.58. The number of phenols is 1. The van der Waals surface area contributed by atoms with Gasteiger partial charge in [0.2, 0.25) is 5.91 Å². The summed E-state index contributed by atoms with van der Waals surface area (Å²) in [5.74, 6) is 0.739. The van der Waals surface area contributed by atoms with Gasteiger partial charge in [0.25, 0.3) is 0 Å². The van der Waals surface area contributed by atoms with Gasteiger partial charge in [0.05, 0.1) is 31.0 Å². The smallest absolute Gasteiger partial charge is 0.246 e. The zero-order valence-corrected chi connectivity index (χ0v) is 18.4. The highest BCUT2D eigenvalue weighted by Crippen LogP contribution is 2.42. The van der Waals surface area contributed by atoms with Crippen LogP contribution in [0.1, 0.15) is 49.8 Å². The van der Waals surface area contributed by atoms with Crippen molar-refractivity contribution in [2.24, 2.45) is 0 Å². The maximum absolute atomic E-state index is 12.4. The lowest BCUT2D eigenvalue weighted by Gasteiger charge is -2.48. The highest BCUT2D eigenvalue weighted by Gasteiger charge is 2.42. The van der Waals surface area contributed by atoms with Crippen molar-refractivity contribution in [2.75, 3.05) is 13.2 Å². The Morgan fingerprint density at radius 2 is 1.97 bits per heavy atom. The standard InChI is InChI=1S/C25H28N4O3/c1-4-22(31)29-16-9-15(10-17(29)13-32-12-16)24-23(14(2)3)19-11-20(27-28-25(19)26-24)18-7-5-6-8-21(18)30/h4-8,11,14-17,30H,1,9-10,12-13H2,2-3H3,(H,26,28)/t15?,16-,17?/m1/s1. The van der Waals surface area contributed by atoms with Crippen LogP contribution in [-0.4, -0.2) is 56.4 Å². The van der Waals surface area contributed by atoms with Crippen LogP contribution in [0.4, 0.5) is 0 Å². The fraction of sp³-hybridized carbons (Fsp3) is 0.400. The molecule has 2 bridgehead atoms. The second-order valence-electron chi connectivity index (χ2n) is 9.08. The summed E-state index contributed by atoms with van der Waals surface area (Å²) in [7, 11) is 0. The number of H-pyrrole nitrogens is 1. The molecule has 7 heteroatoms. The summed E-state index contributed by atoms with van der Waals surface area (Å²) in [5, 5.41) is 20.2. The fourth-order valence-electron chi connectivity index (χ4n) is 5.41. The van der Waals surface area contributed by atoms with Crippen LogP contribution in [0.5, 0.6) is 5.75 Å². The number of aromatic hydroxyl groups is 1. The number of morpholine rings is 1. The van der Waals surface area contributed by atoms with E-state index in [0.29, 0.717) is 24.5 Å². The van der Waals surface area contributed by atoms with Crippen molar-refractivity contribution in [3.05, 3.63) is 54.2 Å². The molecule has 2 aliphatic heterocycles. The van der Waals surface area contributed by atoms with E-state index in [1.54, 1.807) is 12.1 Å². The third kappa shape index (κ3) is 3.37. The Morgan fingerprint density at radius 1 is 1.25 bits per heavy atom. The first kappa shape index (κ1) is 20.7. The summed E-state index contributed by atoms with van der Waals surface area (Å²) in [6, 6.07) is 9.30. The molecule has 2 N–H and O–H groups in total. The van der Waals surface area contributed by atoms with E-state index in [2.05, 4.69) is 35.6 Å². The molecule has 2 saturated heterocycles. The number of aromatic amines is 1. The van der Waals surface area contributed by atoms with Crippen molar-refractivity contribution in [3.8, 4) is 17.0 Å². The monoisotopic (exact) mass is 432 g/mol. The van der Waals surface area contributed by atoms with Gasteiger partial charge in [0.15, 0.2) is 5.65 Å². The highest BCUT2D eigenvalue weighted by atomic mass is 16.5. The van der Waals surface area contributed by atoms with Crippen molar-refractivity contribution >= 4 is 16.9 Å². The molecular formula is C25H28N4O3. The van der Waals surface area contributed by atoms with Gasteiger partial charge in [-0.05, 0) is 48.6 Å². The van der Waals surface area contributed by atoms with E-state index in [4.69, 9.17) is 4.74 Å². The molecule has 2 aromatic heterocycles. The molecule has 2 aliphatic rings. The average molecular weight is 433 g/mol. The normalized spacial score (nSPS) is 23.0. The molecule has 0 radical (unpaired) electrons. The largest absolute Gasteiger partial charge is 0.507 e. The minimum Gasteiger partial charge on any atom is -0.507 e. The van der Waals surface area contributed by atoms with Gasteiger partial charge in [-0.25, -0.2) is 0 Å². The Balaban J connectivity index is 1.56. The van der Waals surface area contributed by atoms with Gasteiger partial charge in [-0.1, -0.05) is 32.6 Å². The first-order valence-electron chi connectivity index (χ1n) is 11.2. The maximum Gasteiger partial charge on any atom is 0.246 e. The minimum absolute atomic E-state index is 0.0133. The van der Waals surface area contributed by atoms with E-state index in [9.17, 15) is 9.90 Å². The number of carbonyl (C=O) groups excluding carboxylic acids is 1. The first-order valence-corrected chi connectivity index (χ1v) is 11.2. The second-order valence-corrected chi connectivity index (χ2v) is 9.08. The molecule has 0 spiro atoms. The van der Waals surface area contributed by atoms with Crippen LogP contribution in [0.3, 0.4) is 0 Å². The molecule has 3 aromatic rings. The third-order valence-corrected chi connectivity index (χ3v) is 6.74. The number of nitrogens with zero attached hydrogens (tertiary/aromatic N) is 3. The lowest BCUT2D eigenvalue weighted by molar-refractivity contribution is -0.146. The summed E-state index contributed by atoms with van der Waals surface area (Å²) in [5.41, 5.74) is 4.50. The van der Waals surface area contributed by atoms with Crippen LogP contribution in [0.2, 0.25) is 0 Å². The third-order valence-electron chi connectivity index (χ3n) is 6.74.